The Hall–Kier alpha value is -1.26. The molecule has 0 aromatic heterocycles. The molecular weight excluding hydrogens is 290 g/mol. The van der Waals surface area contributed by atoms with Gasteiger partial charge in [-0.25, -0.2) is 0 Å². The van der Waals surface area contributed by atoms with Gasteiger partial charge in [0.1, 0.15) is 6.10 Å². The molecule has 1 aliphatic carbocycles. The van der Waals surface area contributed by atoms with Gasteiger partial charge in [0, 0.05) is 11.8 Å². The lowest BCUT2D eigenvalue weighted by Crippen LogP contribution is -2.42. The van der Waals surface area contributed by atoms with E-state index in [0.717, 1.165) is 6.08 Å². The number of carbonyl (C=O) groups excluding carboxylic acids is 2. The van der Waals surface area contributed by atoms with E-state index in [0.29, 0.717) is 12.8 Å². The first-order valence-corrected chi connectivity index (χ1v) is 8.01. The van der Waals surface area contributed by atoms with E-state index < -0.39 is 17.6 Å². The fourth-order valence-corrected chi connectivity index (χ4v) is 3.94. The maximum Gasteiger partial charge on any atom is 0.312 e. The Morgan fingerprint density at radius 1 is 1.41 bits per heavy atom. The number of esters is 1. The Morgan fingerprint density at radius 2 is 2.09 bits per heavy atom. The molecule has 1 heterocycles. The van der Waals surface area contributed by atoms with Crippen molar-refractivity contribution < 1.29 is 23.1 Å². The number of allylic oxidation sites excluding steroid dienone is 2. The van der Waals surface area contributed by atoms with Crippen LogP contribution in [0, 0.1) is 23.7 Å². The van der Waals surface area contributed by atoms with Gasteiger partial charge in [-0.3, -0.25) is 9.59 Å². The predicted octanol–water partition coefficient (Wildman–Crippen LogP) is 3.77. The highest BCUT2D eigenvalue weighted by Crippen LogP contribution is 2.50. The summed E-state index contributed by atoms with van der Waals surface area (Å²) in [5.74, 6) is -6.28. The molecule has 124 valence electrons. The van der Waals surface area contributed by atoms with Crippen LogP contribution in [0.4, 0.5) is 8.78 Å². The molecule has 1 unspecified atom stereocenters. The zero-order valence-corrected chi connectivity index (χ0v) is 13.4. The average Bonchev–Trinajstić information content (AvgIpc) is 2.95. The molecule has 0 radical (unpaired) electrons. The van der Waals surface area contributed by atoms with Crippen LogP contribution in [-0.2, 0) is 14.3 Å². The lowest BCUT2D eigenvalue weighted by Gasteiger charge is -2.33. The predicted molar refractivity (Wildman–Crippen MR) is 78.4 cm³/mol. The first-order chi connectivity index (χ1) is 10.3. The number of fused-ring (bicyclic) bond motifs is 1. The molecule has 4 atom stereocenters. The molecule has 2 fully saturated rings. The summed E-state index contributed by atoms with van der Waals surface area (Å²) in [5, 5.41) is 0. The third-order valence-corrected chi connectivity index (χ3v) is 4.85. The van der Waals surface area contributed by atoms with Crippen LogP contribution in [0.3, 0.4) is 0 Å². The summed E-state index contributed by atoms with van der Waals surface area (Å²) < 4.78 is 34.6. The van der Waals surface area contributed by atoms with Gasteiger partial charge >= 0.3 is 11.9 Å². The second-order valence-corrected chi connectivity index (χ2v) is 6.86. The van der Waals surface area contributed by atoms with Crippen molar-refractivity contribution in [2.24, 2.45) is 23.7 Å². The van der Waals surface area contributed by atoms with Crippen molar-refractivity contribution in [3.8, 4) is 0 Å². The van der Waals surface area contributed by atoms with Crippen LogP contribution in [0.2, 0.25) is 0 Å². The topological polar surface area (TPSA) is 43.4 Å². The Balaban J connectivity index is 2.26. The minimum absolute atomic E-state index is 0.0614. The van der Waals surface area contributed by atoms with Crippen LogP contribution in [0.25, 0.3) is 0 Å². The van der Waals surface area contributed by atoms with Crippen molar-refractivity contribution >= 4 is 11.8 Å². The quantitative estimate of drug-likeness (QED) is 0.553. The highest BCUT2D eigenvalue weighted by atomic mass is 19.3. The molecule has 0 N–H and O–H groups in total. The SMILES string of the molecule is C/C=C/C(=O)C(F)(F)C(CC(C)C)[C@@H]1CC[C@@H]2OC(=O)C[C@@H]21. The molecular formula is C17H24F2O3. The molecule has 1 saturated carbocycles. The number of ketones is 1. The van der Waals surface area contributed by atoms with Gasteiger partial charge in [-0.15, -0.1) is 0 Å². The van der Waals surface area contributed by atoms with Crippen LogP contribution < -0.4 is 0 Å². The smallest absolute Gasteiger partial charge is 0.312 e. The molecule has 0 aromatic rings. The summed E-state index contributed by atoms with van der Waals surface area (Å²) in [4.78, 5) is 23.3. The van der Waals surface area contributed by atoms with Crippen molar-refractivity contribution in [1.29, 1.82) is 0 Å². The van der Waals surface area contributed by atoms with Gasteiger partial charge in [0.05, 0.1) is 6.42 Å². The maximum atomic E-state index is 14.7. The summed E-state index contributed by atoms with van der Waals surface area (Å²) in [7, 11) is 0. The number of hydrogen-bond donors (Lipinski definition) is 0. The molecule has 3 nitrogen and oxygen atoms in total. The van der Waals surface area contributed by atoms with Crippen molar-refractivity contribution in [2.45, 2.75) is 58.5 Å². The van der Waals surface area contributed by atoms with E-state index in [1.54, 1.807) is 6.92 Å². The van der Waals surface area contributed by atoms with Crippen LogP contribution >= 0.6 is 0 Å². The Bertz CT molecular complexity index is 471. The van der Waals surface area contributed by atoms with Crippen LogP contribution in [0.15, 0.2) is 12.2 Å². The largest absolute Gasteiger partial charge is 0.462 e. The molecule has 1 aliphatic heterocycles. The van der Waals surface area contributed by atoms with E-state index >= 15 is 0 Å². The highest BCUT2D eigenvalue weighted by molar-refractivity contribution is 5.95. The molecule has 5 heteroatoms. The van der Waals surface area contributed by atoms with E-state index in [9.17, 15) is 18.4 Å². The number of alkyl halides is 2. The van der Waals surface area contributed by atoms with E-state index in [2.05, 4.69) is 0 Å². The van der Waals surface area contributed by atoms with Gasteiger partial charge in [0.25, 0.3) is 0 Å². The first-order valence-electron chi connectivity index (χ1n) is 8.01. The minimum atomic E-state index is -3.39. The van der Waals surface area contributed by atoms with Gasteiger partial charge in [0.2, 0.25) is 5.78 Å². The molecule has 0 amide bonds. The summed E-state index contributed by atoms with van der Waals surface area (Å²) in [6, 6.07) is 0. The summed E-state index contributed by atoms with van der Waals surface area (Å²) in [5.41, 5.74) is 0. The Kier molecular flexibility index (Phi) is 5.03. The van der Waals surface area contributed by atoms with Crippen molar-refractivity contribution in [3.05, 3.63) is 12.2 Å². The van der Waals surface area contributed by atoms with Crippen LogP contribution in [0.1, 0.15) is 46.5 Å². The lowest BCUT2D eigenvalue weighted by atomic mass is 9.74. The molecule has 2 aliphatic rings. The van der Waals surface area contributed by atoms with Gasteiger partial charge < -0.3 is 4.74 Å². The minimum Gasteiger partial charge on any atom is -0.462 e. The van der Waals surface area contributed by atoms with Gasteiger partial charge in [-0.2, -0.15) is 8.78 Å². The van der Waals surface area contributed by atoms with Crippen molar-refractivity contribution in [1.82, 2.24) is 0 Å². The van der Waals surface area contributed by atoms with Crippen LogP contribution in [0.5, 0.6) is 0 Å². The first kappa shape index (κ1) is 17.1. The third kappa shape index (κ3) is 3.23. The number of rotatable bonds is 6. The second kappa shape index (κ2) is 6.47. The molecule has 2 rings (SSSR count). The number of carbonyl (C=O) groups is 2. The zero-order valence-electron chi connectivity index (χ0n) is 13.4. The normalized spacial score (nSPS) is 29.9. The van der Waals surface area contributed by atoms with Crippen LogP contribution in [-0.4, -0.2) is 23.8 Å². The maximum absolute atomic E-state index is 14.7. The molecule has 0 bridgehead atoms. The summed E-state index contributed by atoms with van der Waals surface area (Å²) in [6.45, 7) is 5.32. The van der Waals surface area contributed by atoms with E-state index in [-0.39, 0.29) is 42.7 Å². The van der Waals surface area contributed by atoms with Crippen molar-refractivity contribution in [2.75, 3.05) is 0 Å². The van der Waals surface area contributed by atoms with Gasteiger partial charge in [-0.05, 0) is 44.1 Å². The zero-order chi connectivity index (χ0) is 16.5. The Morgan fingerprint density at radius 3 is 2.68 bits per heavy atom. The Labute approximate surface area is 130 Å². The van der Waals surface area contributed by atoms with Gasteiger partial charge in [-0.1, -0.05) is 19.9 Å². The van der Waals surface area contributed by atoms with E-state index in [1.807, 2.05) is 13.8 Å². The van der Waals surface area contributed by atoms with Crippen molar-refractivity contribution in [3.63, 3.8) is 0 Å². The van der Waals surface area contributed by atoms with E-state index in [1.165, 1.54) is 6.08 Å². The monoisotopic (exact) mass is 314 g/mol. The summed E-state index contributed by atoms with van der Waals surface area (Å²) >= 11 is 0. The third-order valence-electron chi connectivity index (χ3n) is 4.85. The fraction of sp³-hybridized carbons (Fsp3) is 0.765. The number of hydrogen-bond acceptors (Lipinski definition) is 3. The molecule has 1 saturated heterocycles. The fourth-order valence-electron chi connectivity index (χ4n) is 3.94. The molecule has 0 spiro atoms. The number of halogens is 2. The average molecular weight is 314 g/mol. The molecule has 22 heavy (non-hydrogen) atoms. The van der Waals surface area contributed by atoms with E-state index in [4.69, 9.17) is 4.74 Å². The second-order valence-electron chi connectivity index (χ2n) is 6.86. The summed E-state index contributed by atoms with van der Waals surface area (Å²) in [6.07, 6.45) is 3.77. The standard InChI is InChI=1S/C17H24F2O3/c1-4-5-15(20)17(18,19)13(8-10(2)3)11-6-7-14-12(11)9-16(21)22-14/h4-5,10-14H,6-9H2,1-3H3/b5-4+/t11-,12-,13?,14+/m1/s1. The lowest BCUT2D eigenvalue weighted by molar-refractivity contribution is -0.152. The number of ether oxygens (including phenoxy) is 1. The van der Waals surface area contributed by atoms with Gasteiger partial charge in [0.15, 0.2) is 0 Å². The highest BCUT2D eigenvalue weighted by Gasteiger charge is 2.56. The molecule has 0 aromatic carbocycles.